The number of ether oxygens (including phenoxy) is 1. The SMILES string of the molecule is Cc1nc2c(s1)C/C(N=N)=C(/NCC1CC1)c1cnc(N)c(c1)O[C@H](C)c1cc(F)ccc1-2. The summed E-state index contributed by atoms with van der Waals surface area (Å²) in [6.07, 6.45) is 4.00. The largest absolute Gasteiger partial charge is 0.482 e. The highest BCUT2D eigenvalue weighted by molar-refractivity contribution is 7.12. The Morgan fingerprint density at radius 3 is 2.91 bits per heavy atom. The fourth-order valence-corrected chi connectivity index (χ4v) is 5.05. The van der Waals surface area contributed by atoms with Crippen molar-refractivity contribution < 1.29 is 9.13 Å². The van der Waals surface area contributed by atoms with Crippen LogP contribution in [0.25, 0.3) is 17.0 Å². The number of pyridine rings is 1. The van der Waals surface area contributed by atoms with Crippen molar-refractivity contribution in [3.8, 4) is 17.0 Å². The van der Waals surface area contributed by atoms with Crippen LogP contribution in [-0.2, 0) is 6.42 Å². The van der Waals surface area contributed by atoms with Crippen LogP contribution in [0.5, 0.6) is 5.75 Å². The molecule has 5 rings (SSSR count). The Bertz CT molecular complexity index is 1270. The van der Waals surface area contributed by atoms with Crippen molar-refractivity contribution in [1.29, 1.82) is 5.53 Å². The van der Waals surface area contributed by atoms with Gasteiger partial charge in [-0.3, -0.25) is 0 Å². The van der Waals surface area contributed by atoms with Crippen molar-refractivity contribution in [2.75, 3.05) is 12.3 Å². The van der Waals surface area contributed by atoms with Gasteiger partial charge in [0.25, 0.3) is 0 Å². The van der Waals surface area contributed by atoms with Crippen molar-refractivity contribution >= 4 is 22.9 Å². The van der Waals surface area contributed by atoms with Gasteiger partial charge in [0.1, 0.15) is 11.9 Å². The number of anilines is 1. The monoisotopic (exact) mass is 464 g/mol. The lowest BCUT2D eigenvalue weighted by Gasteiger charge is -2.22. The van der Waals surface area contributed by atoms with E-state index in [4.69, 9.17) is 21.0 Å². The van der Waals surface area contributed by atoms with Gasteiger partial charge in [0.05, 0.1) is 22.1 Å². The van der Waals surface area contributed by atoms with E-state index in [1.165, 1.54) is 25.0 Å². The second-order valence-electron chi connectivity index (χ2n) is 8.54. The van der Waals surface area contributed by atoms with Crippen LogP contribution in [0.4, 0.5) is 10.2 Å². The van der Waals surface area contributed by atoms with Crippen molar-refractivity contribution in [1.82, 2.24) is 15.3 Å². The molecule has 1 saturated carbocycles. The van der Waals surface area contributed by atoms with Crippen LogP contribution in [0.3, 0.4) is 0 Å². The molecule has 0 amide bonds. The van der Waals surface area contributed by atoms with E-state index >= 15 is 0 Å². The minimum atomic E-state index is -0.489. The second kappa shape index (κ2) is 8.55. The summed E-state index contributed by atoms with van der Waals surface area (Å²) in [5, 5.41) is 8.31. The highest BCUT2D eigenvalue weighted by Crippen LogP contribution is 2.39. The standard InChI is InChI=1S/C24H25FN6OS/c1-12-18-8-16(25)5-6-17(18)23-21(33-13(2)30-23)9-19(31-27)22(28-10-14-3-4-14)15-7-20(32-12)24(26)29-11-15/h5-8,11-12,14,27-28H,3-4,9-10H2,1-2H3,(H2,26,29)/b22-19-,31-27?/t12-/m1/s1. The molecule has 7 nitrogen and oxygen atoms in total. The molecule has 0 unspecified atom stereocenters. The maximum Gasteiger partial charge on any atom is 0.166 e. The van der Waals surface area contributed by atoms with Gasteiger partial charge in [0.2, 0.25) is 0 Å². The molecule has 2 aromatic heterocycles. The molecule has 170 valence electrons. The first kappa shape index (κ1) is 21.5. The van der Waals surface area contributed by atoms with E-state index in [1.807, 2.05) is 19.9 Å². The molecule has 4 N–H and O–H groups in total. The summed E-state index contributed by atoms with van der Waals surface area (Å²) in [6, 6.07) is 6.46. The Labute approximate surface area is 195 Å². The van der Waals surface area contributed by atoms with Gasteiger partial charge < -0.3 is 15.8 Å². The van der Waals surface area contributed by atoms with E-state index in [9.17, 15) is 4.39 Å². The van der Waals surface area contributed by atoms with E-state index < -0.39 is 6.10 Å². The zero-order chi connectivity index (χ0) is 23.1. The molecule has 2 aliphatic rings. The number of aromatic nitrogens is 2. The molecular formula is C24H25FN6OS. The summed E-state index contributed by atoms with van der Waals surface area (Å²) < 4.78 is 20.5. The average molecular weight is 465 g/mol. The Morgan fingerprint density at radius 1 is 1.33 bits per heavy atom. The third-order valence-corrected chi connectivity index (χ3v) is 6.97. The van der Waals surface area contributed by atoms with E-state index in [1.54, 1.807) is 23.6 Å². The van der Waals surface area contributed by atoms with Crippen LogP contribution in [0.1, 0.15) is 46.9 Å². The number of fused-ring (bicyclic) bond motifs is 5. The Morgan fingerprint density at radius 2 is 2.15 bits per heavy atom. The average Bonchev–Trinajstić information content (AvgIpc) is 3.55. The number of nitrogen functional groups attached to an aromatic ring is 1. The van der Waals surface area contributed by atoms with Crippen molar-refractivity contribution in [2.24, 2.45) is 11.0 Å². The molecular weight excluding hydrogens is 439 g/mol. The van der Waals surface area contributed by atoms with Crippen LogP contribution >= 0.6 is 11.3 Å². The van der Waals surface area contributed by atoms with Gasteiger partial charge in [-0.15, -0.1) is 11.3 Å². The molecule has 33 heavy (non-hydrogen) atoms. The van der Waals surface area contributed by atoms with Gasteiger partial charge >= 0.3 is 0 Å². The third-order valence-electron chi connectivity index (χ3n) is 6.00. The summed E-state index contributed by atoms with van der Waals surface area (Å²) in [5.41, 5.74) is 18.4. The first-order valence-corrected chi connectivity index (χ1v) is 11.8. The maximum atomic E-state index is 14.3. The number of rotatable bonds is 4. The van der Waals surface area contributed by atoms with Gasteiger partial charge in [-0.05, 0) is 56.9 Å². The van der Waals surface area contributed by atoms with Crippen molar-refractivity contribution in [3.05, 3.63) is 63.0 Å². The number of halogens is 1. The van der Waals surface area contributed by atoms with Gasteiger partial charge in [0, 0.05) is 40.7 Å². The Balaban J connectivity index is 1.73. The molecule has 3 heterocycles. The molecule has 1 atom stereocenters. The van der Waals surface area contributed by atoms with E-state index in [0.717, 1.165) is 38.9 Å². The number of hydrogen-bond acceptors (Lipinski definition) is 8. The fraction of sp³-hybridized carbons (Fsp3) is 0.333. The minimum absolute atomic E-state index is 0.247. The van der Waals surface area contributed by atoms with Crippen molar-refractivity contribution in [2.45, 2.75) is 39.2 Å². The van der Waals surface area contributed by atoms with E-state index in [-0.39, 0.29) is 11.6 Å². The number of allylic oxidation sites excluding steroid dienone is 1. The normalized spacial score (nSPS) is 20.0. The van der Waals surface area contributed by atoms with Crippen molar-refractivity contribution in [3.63, 3.8) is 0 Å². The number of nitrogens with two attached hydrogens (primary N) is 1. The fourth-order valence-electron chi connectivity index (χ4n) is 4.10. The highest BCUT2D eigenvalue weighted by Gasteiger charge is 2.26. The molecule has 0 radical (unpaired) electrons. The first-order chi connectivity index (χ1) is 15.9. The summed E-state index contributed by atoms with van der Waals surface area (Å²) in [6.45, 7) is 4.61. The lowest BCUT2D eigenvalue weighted by molar-refractivity contribution is 0.227. The van der Waals surface area contributed by atoms with Gasteiger partial charge in [-0.2, -0.15) is 5.11 Å². The maximum absolute atomic E-state index is 14.3. The molecule has 0 spiro atoms. The molecule has 1 aliphatic carbocycles. The van der Waals surface area contributed by atoms with Gasteiger partial charge in [-0.25, -0.2) is 19.9 Å². The number of thiazole rings is 1. The highest BCUT2D eigenvalue weighted by atomic mass is 32.1. The zero-order valence-electron chi connectivity index (χ0n) is 18.5. The van der Waals surface area contributed by atoms with Crippen LogP contribution in [0, 0.1) is 24.2 Å². The smallest absolute Gasteiger partial charge is 0.166 e. The summed E-state index contributed by atoms with van der Waals surface area (Å²) in [4.78, 5) is 10.1. The Hall–Kier alpha value is -3.33. The van der Waals surface area contributed by atoms with E-state index in [2.05, 4.69) is 15.4 Å². The molecule has 9 heteroatoms. The topological polar surface area (TPSA) is 109 Å². The quantitative estimate of drug-likeness (QED) is 0.434. The Kier molecular flexibility index (Phi) is 5.57. The second-order valence-corrected chi connectivity index (χ2v) is 9.83. The number of aryl methyl sites for hydroxylation is 1. The molecule has 1 fully saturated rings. The van der Waals surface area contributed by atoms with Gasteiger partial charge in [-0.1, -0.05) is 0 Å². The predicted molar refractivity (Wildman–Crippen MR) is 126 cm³/mol. The van der Waals surface area contributed by atoms with E-state index in [0.29, 0.717) is 29.3 Å². The zero-order valence-corrected chi connectivity index (χ0v) is 19.3. The van der Waals surface area contributed by atoms with Crippen LogP contribution in [0.2, 0.25) is 0 Å². The predicted octanol–water partition coefficient (Wildman–Crippen LogP) is 5.63. The molecule has 0 saturated heterocycles. The third kappa shape index (κ3) is 4.32. The summed E-state index contributed by atoms with van der Waals surface area (Å²) >= 11 is 1.56. The molecule has 1 aliphatic heterocycles. The van der Waals surface area contributed by atoms with Crippen LogP contribution < -0.4 is 15.8 Å². The number of nitrogens with one attached hydrogen (secondary N) is 2. The van der Waals surface area contributed by atoms with Crippen LogP contribution in [-0.4, -0.2) is 16.5 Å². The lowest BCUT2D eigenvalue weighted by Crippen LogP contribution is -2.18. The summed E-state index contributed by atoms with van der Waals surface area (Å²) in [7, 11) is 0. The number of nitrogens with zero attached hydrogens (tertiary/aromatic N) is 3. The number of benzene rings is 1. The van der Waals surface area contributed by atoms with Crippen LogP contribution in [0.15, 0.2) is 41.3 Å². The minimum Gasteiger partial charge on any atom is -0.482 e. The van der Waals surface area contributed by atoms with Gasteiger partial charge in [0.15, 0.2) is 11.6 Å². The lowest BCUT2D eigenvalue weighted by atomic mass is 9.98. The number of hydrogen-bond donors (Lipinski definition) is 3. The first-order valence-electron chi connectivity index (χ1n) is 11.0. The summed E-state index contributed by atoms with van der Waals surface area (Å²) in [5.74, 6) is 0.932. The molecule has 1 aromatic carbocycles. The molecule has 2 bridgehead atoms. The molecule has 3 aromatic rings.